The molecule has 0 saturated carbocycles. The van der Waals surface area contributed by atoms with Gasteiger partial charge in [0.1, 0.15) is 5.58 Å². The molecule has 2 heterocycles. The van der Waals surface area contributed by atoms with Crippen LogP contribution in [0.2, 0.25) is 0 Å². The van der Waals surface area contributed by atoms with Crippen LogP contribution in [0.4, 0.5) is 0 Å². The standard InChI is InChI=1S/C19H23NO5/c1-24-12-15-14-6-2-3-7-16(14)25-18(15)19(23)20-10-4-5-13(11-20)8-9-17(21)22/h2-3,6-7,13H,4-5,8-12H2,1H3,(H,21,22). The molecule has 1 N–H and O–H groups in total. The molecule has 1 aromatic heterocycles. The third-order valence-corrected chi connectivity index (χ3v) is 4.75. The van der Waals surface area contributed by atoms with Crippen LogP contribution in [-0.2, 0) is 16.1 Å². The lowest BCUT2D eigenvalue weighted by molar-refractivity contribution is -0.137. The molecule has 0 spiro atoms. The van der Waals surface area contributed by atoms with E-state index < -0.39 is 5.97 Å². The van der Waals surface area contributed by atoms with Gasteiger partial charge in [0, 0.05) is 37.6 Å². The van der Waals surface area contributed by atoms with E-state index in [0.29, 0.717) is 37.5 Å². The van der Waals surface area contributed by atoms with Crippen LogP contribution in [0.3, 0.4) is 0 Å². The smallest absolute Gasteiger partial charge is 0.303 e. The maximum atomic E-state index is 13.0. The first-order chi connectivity index (χ1) is 12.1. The number of likely N-dealkylation sites (tertiary alicyclic amines) is 1. The maximum absolute atomic E-state index is 13.0. The Morgan fingerprint density at radius 2 is 2.16 bits per heavy atom. The summed E-state index contributed by atoms with van der Waals surface area (Å²) in [5.74, 6) is -0.364. The SMILES string of the molecule is COCc1c(C(=O)N2CCCC(CCC(=O)O)C2)oc2ccccc12. The number of ether oxygens (including phenoxy) is 1. The van der Waals surface area contributed by atoms with Gasteiger partial charge in [-0.25, -0.2) is 0 Å². The zero-order valence-electron chi connectivity index (χ0n) is 14.4. The van der Waals surface area contributed by atoms with Crippen molar-refractivity contribution in [2.45, 2.75) is 32.3 Å². The molecule has 1 amide bonds. The van der Waals surface area contributed by atoms with E-state index in [9.17, 15) is 9.59 Å². The number of para-hydroxylation sites is 1. The van der Waals surface area contributed by atoms with Crippen LogP contribution < -0.4 is 0 Å². The van der Waals surface area contributed by atoms with Crippen molar-refractivity contribution >= 4 is 22.8 Å². The zero-order chi connectivity index (χ0) is 17.8. The van der Waals surface area contributed by atoms with E-state index in [0.717, 1.165) is 23.8 Å². The fourth-order valence-electron chi connectivity index (χ4n) is 3.52. The monoisotopic (exact) mass is 345 g/mol. The second kappa shape index (κ2) is 7.70. The Kier molecular flexibility index (Phi) is 5.38. The minimum atomic E-state index is -0.789. The average molecular weight is 345 g/mol. The third-order valence-electron chi connectivity index (χ3n) is 4.75. The van der Waals surface area contributed by atoms with Crippen molar-refractivity contribution in [3.8, 4) is 0 Å². The summed E-state index contributed by atoms with van der Waals surface area (Å²) in [4.78, 5) is 25.6. The van der Waals surface area contributed by atoms with Gasteiger partial charge in [-0.2, -0.15) is 0 Å². The van der Waals surface area contributed by atoms with E-state index in [2.05, 4.69) is 0 Å². The molecule has 1 saturated heterocycles. The number of carbonyl (C=O) groups is 2. The summed E-state index contributed by atoms with van der Waals surface area (Å²) in [7, 11) is 1.60. The molecule has 1 aliphatic rings. The van der Waals surface area contributed by atoms with Crippen molar-refractivity contribution in [2.75, 3.05) is 20.2 Å². The molecule has 1 atom stereocenters. The van der Waals surface area contributed by atoms with E-state index >= 15 is 0 Å². The van der Waals surface area contributed by atoms with Gasteiger partial charge in [0.15, 0.2) is 5.76 Å². The van der Waals surface area contributed by atoms with E-state index in [1.165, 1.54) is 0 Å². The first-order valence-corrected chi connectivity index (χ1v) is 8.60. The summed E-state index contributed by atoms with van der Waals surface area (Å²) in [6, 6.07) is 7.56. The Hall–Kier alpha value is -2.34. The minimum absolute atomic E-state index is 0.136. The van der Waals surface area contributed by atoms with E-state index in [4.69, 9.17) is 14.3 Å². The van der Waals surface area contributed by atoms with Gasteiger partial charge >= 0.3 is 5.97 Å². The number of hydrogen-bond donors (Lipinski definition) is 1. The molecule has 3 rings (SSSR count). The van der Waals surface area contributed by atoms with Crippen LogP contribution in [0.5, 0.6) is 0 Å². The summed E-state index contributed by atoms with van der Waals surface area (Å²) in [6.07, 6.45) is 2.59. The predicted octanol–water partition coefficient (Wildman–Crippen LogP) is 3.30. The van der Waals surface area contributed by atoms with Gasteiger partial charge in [-0.05, 0) is 31.2 Å². The fraction of sp³-hybridized carbons (Fsp3) is 0.474. The van der Waals surface area contributed by atoms with Gasteiger partial charge in [-0.3, -0.25) is 9.59 Å². The highest BCUT2D eigenvalue weighted by Crippen LogP contribution is 2.29. The summed E-state index contributed by atoms with van der Waals surface area (Å²) in [5.41, 5.74) is 1.45. The fourth-order valence-corrected chi connectivity index (χ4v) is 3.52. The lowest BCUT2D eigenvalue weighted by atomic mass is 9.93. The van der Waals surface area contributed by atoms with Gasteiger partial charge in [-0.1, -0.05) is 18.2 Å². The molecule has 1 aromatic carbocycles. The molecule has 0 radical (unpaired) electrons. The number of methoxy groups -OCH3 is 1. The van der Waals surface area contributed by atoms with Crippen LogP contribution in [0.1, 0.15) is 41.8 Å². The number of amides is 1. The molecular formula is C19H23NO5. The first-order valence-electron chi connectivity index (χ1n) is 8.60. The number of hydrogen-bond acceptors (Lipinski definition) is 4. The Morgan fingerprint density at radius 3 is 2.92 bits per heavy atom. The van der Waals surface area contributed by atoms with Gasteiger partial charge < -0.3 is 19.2 Å². The van der Waals surface area contributed by atoms with Crippen LogP contribution in [0.25, 0.3) is 11.0 Å². The highest BCUT2D eigenvalue weighted by molar-refractivity contribution is 5.99. The Bertz CT molecular complexity index is 766. The van der Waals surface area contributed by atoms with Crippen LogP contribution in [-0.4, -0.2) is 42.1 Å². The quantitative estimate of drug-likeness (QED) is 0.869. The number of fused-ring (bicyclic) bond motifs is 1. The lowest BCUT2D eigenvalue weighted by Crippen LogP contribution is -2.40. The molecule has 25 heavy (non-hydrogen) atoms. The molecule has 0 aliphatic carbocycles. The van der Waals surface area contributed by atoms with Crippen LogP contribution in [0, 0.1) is 5.92 Å². The molecule has 6 heteroatoms. The highest BCUT2D eigenvalue weighted by Gasteiger charge is 2.29. The maximum Gasteiger partial charge on any atom is 0.303 e. The second-order valence-corrected chi connectivity index (χ2v) is 6.53. The van der Waals surface area contributed by atoms with Gasteiger partial charge in [-0.15, -0.1) is 0 Å². The second-order valence-electron chi connectivity index (χ2n) is 6.53. The number of piperidine rings is 1. The number of benzene rings is 1. The van der Waals surface area contributed by atoms with Gasteiger partial charge in [0.25, 0.3) is 5.91 Å². The summed E-state index contributed by atoms with van der Waals surface area (Å²) in [5, 5.41) is 9.76. The van der Waals surface area contributed by atoms with Crippen LogP contribution in [0.15, 0.2) is 28.7 Å². The first kappa shape index (κ1) is 17.5. The normalized spacial score (nSPS) is 17.8. The van der Waals surface area contributed by atoms with Crippen molar-refractivity contribution in [3.05, 3.63) is 35.6 Å². The number of nitrogens with zero attached hydrogens (tertiary/aromatic N) is 1. The van der Waals surface area contributed by atoms with E-state index in [1.54, 1.807) is 12.0 Å². The largest absolute Gasteiger partial charge is 0.481 e. The minimum Gasteiger partial charge on any atom is -0.481 e. The lowest BCUT2D eigenvalue weighted by Gasteiger charge is -2.32. The zero-order valence-corrected chi connectivity index (χ0v) is 14.4. The molecule has 134 valence electrons. The van der Waals surface area contributed by atoms with Crippen molar-refractivity contribution in [1.29, 1.82) is 0 Å². The molecule has 0 bridgehead atoms. The third kappa shape index (κ3) is 3.85. The Morgan fingerprint density at radius 1 is 1.36 bits per heavy atom. The van der Waals surface area contributed by atoms with E-state index in [1.807, 2.05) is 24.3 Å². The molecule has 1 aliphatic heterocycles. The molecule has 2 aromatic rings. The highest BCUT2D eigenvalue weighted by atomic mass is 16.5. The number of carboxylic acid groups (broad SMARTS) is 1. The van der Waals surface area contributed by atoms with Gasteiger partial charge in [0.2, 0.25) is 0 Å². The summed E-state index contributed by atoms with van der Waals surface area (Å²) < 4.78 is 11.1. The summed E-state index contributed by atoms with van der Waals surface area (Å²) in [6.45, 7) is 1.57. The predicted molar refractivity (Wildman–Crippen MR) is 92.4 cm³/mol. The Balaban J connectivity index is 1.81. The topological polar surface area (TPSA) is 80.0 Å². The van der Waals surface area contributed by atoms with Crippen molar-refractivity contribution in [1.82, 2.24) is 4.90 Å². The molecule has 1 unspecified atom stereocenters. The molecular weight excluding hydrogens is 322 g/mol. The molecule has 6 nitrogen and oxygen atoms in total. The van der Waals surface area contributed by atoms with Crippen molar-refractivity contribution < 1.29 is 23.8 Å². The van der Waals surface area contributed by atoms with E-state index in [-0.39, 0.29) is 18.2 Å². The van der Waals surface area contributed by atoms with Crippen LogP contribution >= 0.6 is 0 Å². The average Bonchev–Trinajstić information content (AvgIpc) is 2.99. The summed E-state index contributed by atoms with van der Waals surface area (Å²) >= 11 is 0. The number of carboxylic acids is 1. The number of furan rings is 1. The van der Waals surface area contributed by atoms with Gasteiger partial charge in [0.05, 0.1) is 6.61 Å². The number of carbonyl (C=O) groups excluding carboxylic acids is 1. The number of aliphatic carboxylic acids is 1. The van der Waals surface area contributed by atoms with Crippen molar-refractivity contribution in [2.24, 2.45) is 5.92 Å². The molecule has 1 fully saturated rings. The Labute approximate surface area is 146 Å². The van der Waals surface area contributed by atoms with Crippen molar-refractivity contribution in [3.63, 3.8) is 0 Å². The number of rotatable bonds is 6.